The van der Waals surface area contributed by atoms with Crippen LogP contribution in [0.1, 0.15) is 21.5 Å². The molecule has 0 fully saturated rings. The molecule has 11 heteroatoms. The number of nitriles is 1. The Bertz CT molecular complexity index is 1120. The van der Waals surface area contributed by atoms with E-state index in [1.807, 2.05) is 0 Å². The first kappa shape index (κ1) is 18.7. The zero-order chi connectivity index (χ0) is 20.1. The average molecular weight is 400 g/mol. The van der Waals surface area contributed by atoms with Crippen molar-refractivity contribution in [2.24, 2.45) is 0 Å². The minimum Gasteiger partial charge on any atom is -0.457 e. The molecule has 0 unspecified atom stereocenters. The van der Waals surface area contributed by atoms with Crippen molar-refractivity contribution < 1.29 is 35.5 Å². The van der Waals surface area contributed by atoms with Crippen LogP contribution in [0.3, 0.4) is 0 Å². The second-order valence-corrected chi connectivity index (χ2v) is 7.41. The minimum absolute atomic E-state index is 0.196. The van der Waals surface area contributed by atoms with E-state index in [4.69, 9.17) is 10.00 Å². The van der Waals surface area contributed by atoms with Crippen LogP contribution < -0.4 is 4.74 Å². The molecule has 27 heavy (non-hydrogen) atoms. The molecule has 0 radical (unpaired) electrons. The maximum Gasteiger partial charge on any atom is 0.420 e. The highest BCUT2D eigenvalue weighted by molar-refractivity contribution is 7.90. The third kappa shape index (κ3) is 2.97. The number of sulfonamides is 1. The largest absolute Gasteiger partial charge is 0.457 e. The molecule has 0 spiro atoms. The van der Waals surface area contributed by atoms with Crippen molar-refractivity contribution in [3.8, 4) is 17.6 Å². The summed E-state index contributed by atoms with van der Waals surface area (Å²) in [6.07, 6.45) is -5.14. The highest BCUT2D eigenvalue weighted by Crippen LogP contribution is 2.45. The SMILES string of the molecule is CN1C(=O)c2c(ccc(Oc3cc(F)cc(C#N)c3)c2C(F)(F)F)S1(=O)=O. The van der Waals surface area contributed by atoms with E-state index >= 15 is 0 Å². The van der Waals surface area contributed by atoms with Crippen LogP contribution >= 0.6 is 0 Å². The predicted octanol–water partition coefficient (Wildman–Crippen LogP) is 3.28. The van der Waals surface area contributed by atoms with Gasteiger partial charge in [0, 0.05) is 13.1 Å². The number of amides is 1. The van der Waals surface area contributed by atoms with Gasteiger partial charge in [0.05, 0.1) is 17.2 Å². The Labute approximate surface area is 150 Å². The van der Waals surface area contributed by atoms with Crippen molar-refractivity contribution in [3.05, 3.63) is 52.8 Å². The lowest BCUT2D eigenvalue weighted by molar-refractivity contribution is -0.139. The summed E-state index contributed by atoms with van der Waals surface area (Å²) < 4.78 is 83.8. The summed E-state index contributed by atoms with van der Waals surface area (Å²) in [6, 6.07) is 5.76. The molecule has 3 rings (SSSR count). The summed E-state index contributed by atoms with van der Waals surface area (Å²) in [5.41, 5.74) is -2.86. The number of nitrogens with zero attached hydrogens (tertiary/aromatic N) is 2. The molecular formula is C16H8F4N2O4S. The van der Waals surface area contributed by atoms with Crippen LogP contribution in [0.15, 0.2) is 35.2 Å². The molecule has 0 N–H and O–H groups in total. The molecule has 1 heterocycles. The lowest BCUT2D eigenvalue weighted by Crippen LogP contribution is -2.25. The predicted molar refractivity (Wildman–Crippen MR) is 81.9 cm³/mol. The lowest BCUT2D eigenvalue weighted by atomic mass is 10.0. The van der Waals surface area contributed by atoms with Crippen molar-refractivity contribution in [1.82, 2.24) is 4.31 Å². The monoisotopic (exact) mass is 400 g/mol. The van der Waals surface area contributed by atoms with Crippen LogP contribution in [-0.2, 0) is 16.2 Å². The Morgan fingerprint density at radius 3 is 2.44 bits per heavy atom. The molecule has 0 bridgehead atoms. The van der Waals surface area contributed by atoms with Crippen LogP contribution in [0.2, 0.25) is 0 Å². The number of fused-ring (bicyclic) bond motifs is 1. The quantitative estimate of drug-likeness (QED) is 0.722. The van der Waals surface area contributed by atoms with Crippen molar-refractivity contribution in [2.45, 2.75) is 11.1 Å². The zero-order valence-corrected chi connectivity index (χ0v) is 14.2. The Balaban J connectivity index is 2.24. The van der Waals surface area contributed by atoms with Crippen molar-refractivity contribution >= 4 is 15.9 Å². The first-order valence-corrected chi connectivity index (χ1v) is 8.57. The summed E-state index contributed by atoms with van der Waals surface area (Å²) in [6.45, 7) is 0. The van der Waals surface area contributed by atoms with Crippen molar-refractivity contribution in [1.29, 1.82) is 5.26 Å². The van der Waals surface area contributed by atoms with Gasteiger partial charge in [0.25, 0.3) is 15.9 Å². The number of hydrogen-bond donors (Lipinski definition) is 0. The molecule has 6 nitrogen and oxygen atoms in total. The lowest BCUT2D eigenvalue weighted by Gasteiger charge is -2.16. The van der Waals surface area contributed by atoms with Crippen LogP contribution in [-0.4, -0.2) is 25.7 Å². The Hall–Kier alpha value is -3.13. The molecule has 2 aromatic rings. The first-order chi connectivity index (χ1) is 12.5. The number of carbonyl (C=O) groups excluding carboxylic acids is 1. The third-order valence-corrected chi connectivity index (χ3v) is 5.56. The van der Waals surface area contributed by atoms with Gasteiger partial charge in [0.15, 0.2) is 0 Å². The van der Waals surface area contributed by atoms with E-state index in [-0.39, 0.29) is 9.87 Å². The van der Waals surface area contributed by atoms with E-state index in [0.29, 0.717) is 0 Å². The fourth-order valence-electron chi connectivity index (χ4n) is 2.59. The summed E-state index contributed by atoms with van der Waals surface area (Å²) in [5, 5.41) is 8.82. The number of benzene rings is 2. The van der Waals surface area contributed by atoms with Crippen molar-refractivity contribution in [3.63, 3.8) is 0 Å². The molecule has 140 valence electrons. The number of carbonyl (C=O) groups is 1. The third-order valence-electron chi connectivity index (χ3n) is 3.78. The van der Waals surface area contributed by atoms with E-state index in [1.54, 1.807) is 6.07 Å². The van der Waals surface area contributed by atoms with Gasteiger partial charge in [-0.3, -0.25) is 4.79 Å². The van der Waals surface area contributed by atoms with E-state index in [9.17, 15) is 30.8 Å². The average Bonchev–Trinajstić information content (AvgIpc) is 2.74. The van der Waals surface area contributed by atoms with Gasteiger partial charge in [-0.2, -0.15) is 18.4 Å². The van der Waals surface area contributed by atoms with Crippen LogP contribution in [0.25, 0.3) is 0 Å². The molecular weight excluding hydrogens is 392 g/mol. The van der Waals surface area contributed by atoms with Gasteiger partial charge in [-0.15, -0.1) is 0 Å². The summed E-state index contributed by atoms with van der Waals surface area (Å²) in [4.78, 5) is 11.3. The van der Waals surface area contributed by atoms with Crippen LogP contribution in [0, 0.1) is 17.1 Å². The fourth-order valence-corrected chi connectivity index (χ4v) is 3.88. The fraction of sp³-hybridized carbons (Fsp3) is 0.125. The van der Waals surface area contributed by atoms with Gasteiger partial charge in [-0.25, -0.2) is 17.1 Å². The molecule has 0 aliphatic carbocycles. The Morgan fingerprint density at radius 1 is 1.19 bits per heavy atom. The standard InChI is InChI=1S/C16H8F4N2O4S/c1-22-15(23)13-12(27(22,24)25)3-2-11(14(13)16(18,19)20)26-10-5-8(7-21)4-9(17)6-10/h2-6H,1H3. The van der Waals surface area contributed by atoms with Gasteiger partial charge in [-0.1, -0.05) is 0 Å². The summed E-state index contributed by atoms with van der Waals surface area (Å²) >= 11 is 0. The highest BCUT2D eigenvalue weighted by Gasteiger charge is 2.48. The van der Waals surface area contributed by atoms with E-state index < -0.39 is 55.4 Å². The van der Waals surface area contributed by atoms with Gasteiger partial charge >= 0.3 is 6.18 Å². The van der Waals surface area contributed by atoms with Gasteiger partial charge in [0.1, 0.15) is 27.8 Å². The minimum atomic E-state index is -5.14. The van der Waals surface area contributed by atoms with Gasteiger partial charge in [-0.05, 0) is 24.3 Å². The molecule has 1 aliphatic rings. The molecule has 0 saturated heterocycles. The number of hydrogen-bond acceptors (Lipinski definition) is 5. The number of alkyl halides is 3. The van der Waals surface area contributed by atoms with Crippen molar-refractivity contribution in [2.75, 3.05) is 7.05 Å². The second-order valence-electron chi connectivity index (χ2n) is 5.48. The second kappa shape index (κ2) is 5.95. The summed E-state index contributed by atoms with van der Waals surface area (Å²) in [5.74, 6) is -3.59. The topological polar surface area (TPSA) is 87.5 Å². The Morgan fingerprint density at radius 2 is 1.85 bits per heavy atom. The van der Waals surface area contributed by atoms with E-state index in [2.05, 4.69) is 0 Å². The molecule has 1 amide bonds. The first-order valence-electron chi connectivity index (χ1n) is 7.13. The Kier molecular flexibility index (Phi) is 4.11. The number of rotatable bonds is 2. The number of ether oxygens (including phenoxy) is 1. The molecule has 0 aromatic heterocycles. The normalized spacial score (nSPS) is 15.4. The van der Waals surface area contributed by atoms with Crippen LogP contribution in [0.4, 0.5) is 17.6 Å². The van der Waals surface area contributed by atoms with Gasteiger partial charge in [0.2, 0.25) is 0 Å². The smallest absolute Gasteiger partial charge is 0.420 e. The van der Waals surface area contributed by atoms with Crippen LogP contribution in [0.5, 0.6) is 11.5 Å². The van der Waals surface area contributed by atoms with E-state index in [0.717, 1.165) is 37.4 Å². The summed E-state index contributed by atoms with van der Waals surface area (Å²) in [7, 11) is -3.56. The molecule has 2 aromatic carbocycles. The van der Waals surface area contributed by atoms with Gasteiger partial charge < -0.3 is 4.74 Å². The molecule has 1 aliphatic heterocycles. The number of halogens is 4. The zero-order valence-electron chi connectivity index (χ0n) is 13.3. The van der Waals surface area contributed by atoms with E-state index in [1.165, 1.54) is 0 Å². The molecule has 0 atom stereocenters. The molecule has 0 saturated carbocycles. The maximum atomic E-state index is 13.6. The maximum absolute atomic E-state index is 13.6. The highest BCUT2D eigenvalue weighted by atomic mass is 32.2.